The molecule has 2 aliphatic rings. The summed E-state index contributed by atoms with van der Waals surface area (Å²) in [5, 5.41) is 9.50. The van der Waals surface area contributed by atoms with Crippen molar-refractivity contribution >= 4 is 29.2 Å². The Kier molecular flexibility index (Phi) is 4.82. The number of nitriles is 1. The van der Waals surface area contributed by atoms with E-state index in [9.17, 15) is 9.59 Å². The van der Waals surface area contributed by atoms with Crippen LogP contribution in [0.4, 0.5) is 5.69 Å². The van der Waals surface area contributed by atoms with E-state index >= 15 is 0 Å². The molecule has 1 unspecified atom stereocenters. The number of nitrogens with zero attached hydrogens (tertiary/aromatic N) is 2. The van der Waals surface area contributed by atoms with E-state index in [-0.39, 0.29) is 29.8 Å². The topological polar surface area (TPSA) is 70.4 Å². The van der Waals surface area contributed by atoms with E-state index in [1.54, 1.807) is 41.3 Å². The smallest absolute Gasteiger partial charge is 0.338 e. The van der Waals surface area contributed by atoms with Crippen LogP contribution in [0.25, 0.3) is 0 Å². The van der Waals surface area contributed by atoms with Crippen LogP contribution >= 0.6 is 11.6 Å². The molecule has 2 fully saturated rings. The molecule has 1 aliphatic carbocycles. The number of hydrogen-bond donors (Lipinski definition) is 0. The SMILES string of the molecule is Cc1c(N2CC3[C@@H](OC(=O)c4ccccc4)CC[C@@H]3C2=O)ccc(C#N)c1Cl. The van der Waals surface area contributed by atoms with Gasteiger partial charge in [-0.1, -0.05) is 29.8 Å². The van der Waals surface area contributed by atoms with Crippen LogP contribution in [-0.4, -0.2) is 24.5 Å². The lowest BCUT2D eigenvalue weighted by Gasteiger charge is -2.23. The monoisotopic (exact) mass is 394 g/mol. The minimum atomic E-state index is -0.352. The molecule has 1 saturated carbocycles. The van der Waals surface area contributed by atoms with Crippen molar-refractivity contribution in [2.45, 2.75) is 25.9 Å². The van der Waals surface area contributed by atoms with Crippen LogP contribution in [0.2, 0.25) is 5.02 Å². The second-order valence-electron chi connectivity index (χ2n) is 7.29. The fourth-order valence-electron chi connectivity index (χ4n) is 4.28. The number of esters is 1. The number of rotatable bonds is 3. The Morgan fingerprint density at radius 1 is 1.21 bits per heavy atom. The molecule has 2 aromatic carbocycles. The van der Waals surface area contributed by atoms with Crippen molar-refractivity contribution < 1.29 is 14.3 Å². The lowest BCUT2D eigenvalue weighted by molar-refractivity contribution is -0.120. The summed E-state index contributed by atoms with van der Waals surface area (Å²) in [6, 6.07) is 14.4. The second kappa shape index (κ2) is 7.29. The fraction of sp³-hybridized carbons (Fsp3) is 0.318. The highest BCUT2D eigenvalue weighted by Crippen LogP contribution is 2.44. The molecule has 1 saturated heterocycles. The highest BCUT2D eigenvalue weighted by molar-refractivity contribution is 6.33. The third kappa shape index (κ3) is 3.04. The van der Waals surface area contributed by atoms with Gasteiger partial charge in [0.1, 0.15) is 12.2 Å². The van der Waals surface area contributed by atoms with Gasteiger partial charge in [0.2, 0.25) is 5.91 Å². The minimum Gasteiger partial charge on any atom is -0.458 e. The summed E-state index contributed by atoms with van der Waals surface area (Å²) >= 11 is 6.28. The molecule has 0 bridgehead atoms. The van der Waals surface area contributed by atoms with Crippen molar-refractivity contribution in [3.05, 3.63) is 64.2 Å². The van der Waals surface area contributed by atoms with Gasteiger partial charge in [-0.2, -0.15) is 5.26 Å². The first-order chi connectivity index (χ1) is 13.5. The minimum absolute atomic E-state index is 0.0334. The van der Waals surface area contributed by atoms with E-state index in [4.69, 9.17) is 21.6 Å². The zero-order chi connectivity index (χ0) is 19.8. The van der Waals surface area contributed by atoms with Gasteiger partial charge in [-0.15, -0.1) is 0 Å². The number of fused-ring (bicyclic) bond motifs is 1. The largest absolute Gasteiger partial charge is 0.458 e. The van der Waals surface area contributed by atoms with Crippen molar-refractivity contribution in [3.8, 4) is 6.07 Å². The van der Waals surface area contributed by atoms with Gasteiger partial charge in [0, 0.05) is 24.1 Å². The molecule has 0 radical (unpaired) electrons. The first kappa shape index (κ1) is 18.5. The van der Waals surface area contributed by atoms with E-state index < -0.39 is 0 Å². The molecule has 142 valence electrons. The molecule has 1 aliphatic heterocycles. The van der Waals surface area contributed by atoms with Crippen molar-refractivity contribution in [2.24, 2.45) is 11.8 Å². The average Bonchev–Trinajstić information content (AvgIpc) is 3.25. The van der Waals surface area contributed by atoms with Crippen LogP contribution in [-0.2, 0) is 9.53 Å². The van der Waals surface area contributed by atoms with Crippen LogP contribution in [0.5, 0.6) is 0 Å². The Morgan fingerprint density at radius 2 is 1.96 bits per heavy atom. The summed E-state index contributed by atoms with van der Waals surface area (Å²) < 4.78 is 5.75. The first-order valence-corrected chi connectivity index (χ1v) is 9.65. The van der Waals surface area contributed by atoms with Gasteiger partial charge in [-0.3, -0.25) is 4.79 Å². The summed E-state index contributed by atoms with van der Waals surface area (Å²) in [7, 11) is 0. The lowest BCUT2D eigenvalue weighted by atomic mass is 9.99. The van der Waals surface area contributed by atoms with Crippen LogP contribution < -0.4 is 4.90 Å². The highest BCUT2D eigenvalue weighted by Gasteiger charge is 2.50. The lowest BCUT2D eigenvalue weighted by Crippen LogP contribution is -2.30. The maximum absolute atomic E-state index is 13.0. The molecular formula is C22H19ClN2O3. The Labute approximate surface area is 168 Å². The Bertz CT molecular complexity index is 983. The van der Waals surface area contributed by atoms with Gasteiger partial charge in [0.15, 0.2) is 0 Å². The molecule has 1 heterocycles. The van der Waals surface area contributed by atoms with Crippen LogP contribution in [0, 0.1) is 30.1 Å². The standard InChI is InChI=1S/C22H19ClN2O3/c1-13-18(9-7-15(11-24)20(13)23)25-12-17-16(21(25)26)8-10-19(17)28-22(27)14-5-3-2-4-6-14/h2-7,9,16-17,19H,8,10,12H2,1H3/t16-,17?,19-/m0/s1. The molecule has 4 rings (SSSR count). The number of amides is 1. The molecule has 5 nitrogen and oxygen atoms in total. The molecule has 6 heteroatoms. The number of carbonyl (C=O) groups is 2. The number of halogens is 1. The molecular weight excluding hydrogens is 376 g/mol. The van der Waals surface area contributed by atoms with Gasteiger partial charge in [-0.05, 0) is 49.6 Å². The van der Waals surface area contributed by atoms with Crippen LogP contribution in [0.3, 0.4) is 0 Å². The van der Waals surface area contributed by atoms with E-state index in [1.165, 1.54) is 0 Å². The zero-order valence-corrected chi connectivity index (χ0v) is 16.1. The maximum Gasteiger partial charge on any atom is 0.338 e. The van der Waals surface area contributed by atoms with E-state index in [0.717, 1.165) is 5.69 Å². The van der Waals surface area contributed by atoms with Gasteiger partial charge >= 0.3 is 5.97 Å². The highest BCUT2D eigenvalue weighted by atomic mass is 35.5. The van der Waals surface area contributed by atoms with Gasteiger partial charge in [0.05, 0.1) is 16.1 Å². The van der Waals surface area contributed by atoms with Gasteiger partial charge in [-0.25, -0.2) is 4.79 Å². The average molecular weight is 395 g/mol. The number of carbonyl (C=O) groups excluding carboxylic acids is 2. The molecule has 3 atom stereocenters. The van der Waals surface area contributed by atoms with Gasteiger partial charge in [0.25, 0.3) is 0 Å². The summed E-state index contributed by atoms with van der Waals surface area (Å²) in [5.74, 6) is -0.502. The van der Waals surface area contributed by atoms with Gasteiger partial charge < -0.3 is 9.64 Å². The van der Waals surface area contributed by atoms with Crippen molar-refractivity contribution in [1.29, 1.82) is 5.26 Å². The van der Waals surface area contributed by atoms with E-state index in [2.05, 4.69) is 6.07 Å². The van der Waals surface area contributed by atoms with Crippen molar-refractivity contribution in [2.75, 3.05) is 11.4 Å². The summed E-state index contributed by atoms with van der Waals surface area (Å²) in [6.07, 6.45) is 1.12. The number of hydrogen-bond acceptors (Lipinski definition) is 4. The molecule has 0 N–H and O–H groups in total. The third-order valence-electron chi connectivity index (χ3n) is 5.77. The van der Waals surface area contributed by atoms with Crippen LogP contribution in [0.1, 0.15) is 34.3 Å². The predicted octanol–water partition coefficient (Wildman–Crippen LogP) is 4.12. The normalized spacial score (nSPS) is 23.4. The van der Waals surface area contributed by atoms with E-state index in [0.29, 0.717) is 41.1 Å². The summed E-state index contributed by atoms with van der Waals surface area (Å²) in [4.78, 5) is 27.1. The molecule has 1 amide bonds. The zero-order valence-electron chi connectivity index (χ0n) is 15.4. The molecule has 2 aromatic rings. The molecule has 28 heavy (non-hydrogen) atoms. The van der Waals surface area contributed by atoms with Crippen molar-refractivity contribution in [3.63, 3.8) is 0 Å². The maximum atomic E-state index is 13.0. The predicted molar refractivity (Wildman–Crippen MR) is 105 cm³/mol. The molecule has 0 aromatic heterocycles. The number of benzene rings is 2. The molecule has 0 spiro atoms. The number of ether oxygens (including phenoxy) is 1. The third-order valence-corrected chi connectivity index (χ3v) is 6.26. The number of anilines is 1. The first-order valence-electron chi connectivity index (χ1n) is 9.28. The summed E-state index contributed by atoms with van der Waals surface area (Å²) in [5.41, 5.74) is 2.34. The Balaban J connectivity index is 1.54. The van der Waals surface area contributed by atoms with Crippen LogP contribution in [0.15, 0.2) is 42.5 Å². The fourth-order valence-corrected chi connectivity index (χ4v) is 4.48. The summed E-state index contributed by atoms with van der Waals surface area (Å²) in [6.45, 7) is 2.30. The Morgan fingerprint density at radius 3 is 2.68 bits per heavy atom. The van der Waals surface area contributed by atoms with E-state index in [1.807, 2.05) is 13.0 Å². The second-order valence-corrected chi connectivity index (χ2v) is 7.67. The Hall–Kier alpha value is -2.84. The van der Waals surface area contributed by atoms with Crippen molar-refractivity contribution in [1.82, 2.24) is 0 Å². The quantitative estimate of drug-likeness (QED) is 0.734.